The Morgan fingerprint density at radius 1 is 0.307 bits per heavy atom. The summed E-state index contributed by atoms with van der Waals surface area (Å²) in [5.41, 5.74) is 11.8. The van der Waals surface area contributed by atoms with Crippen LogP contribution in [-0.4, -0.2) is 30.4 Å². The summed E-state index contributed by atoms with van der Waals surface area (Å²) >= 11 is 0.673. The Labute approximate surface area is 647 Å². The molecule has 0 aliphatic heterocycles. The molecule has 0 saturated heterocycles. The van der Waals surface area contributed by atoms with Crippen LogP contribution in [0.5, 0.6) is 0 Å². The molecule has 0 aromatic rings. The van der Waals surface area contributed by atoms with Gasteiger partial charge >= 0.3 is 0 Å². The summed E-state index contributed by atoms with van der Waals surface area (Å²) in [4.78, 5) is 0. The van der Waals surface area contributed by atoms with Crippen LogP contribution >= 0.6 is 0 Å². The van der Waals surface area contributed by atoms with Gasteiger partial charge in [0, 0.05) is 0 Å². The van der Waals surface area contributed by atoms with E-state index in [4.69, 9.17) is 0 Å². The topological polar surface area (TPSA) is 0 Å². The van der Waals surface area contributed by atoms with Gasteiger partial charge in [-0.3, -0.25) is 0 Å². The van der Waals surface area contributed by atoms with Crippen molar-refractivity contribution in [3.8, 4) is 0 Å². The van der Waals surface area contributed by atoms with Crippen molar-refractivity contribution in [1.29, 1.82) is 0 Å². The Morgan fingerprint density at radius 3 is 0.772 bits per heavy atom. The largest absolute Gasteiger partial charge is 0.262 e. The summed E-state index contributed by atoms with van der Waals surface area (Å²) in [6.07, 6.45) is 95.6. The minimum atomic E-state index is -0.729. The number of hydrogen-bond acceptors (Lipinski definition) is 0. The second-order valence-corrected chi connectivity index (χ2v) is 41.8. The molecule has 0 amide bonds. The molecular formula is C99H176Al2. The predicted octanol–water partition coefficient (Wildman–Crippen LogP) is 32.8. The van der Waals surface area contributed by atoms with Crippen LogP contribution < -0.4 is 0 Å². The average molecular weight is 1420 g/mol. The fourth-order valence-electron chi connectivity index (χ4n) is 20.3. The molecule has 0 aromatic carbocycles. The third-order valence-electron chi connectivity index (χ3n) is 28.9. The molecule has 578 valence electrons. The number of rotatable bonds is 49. The van der Waals surface area contributed by atoms with E-state index in [0.29, 0.717) is 0 Å². The molecule has 0 aromatic heterocycles. The highest BCUT2D eigenvalue weighted by atomic mass is 27.2. The summed E-state index contributed by atoms with van der Waals surface area (Å²) in [6, 6.07) is 0. The smallest absolute Gasteiger partial charge is 0.103 e. The molecule has 0 nitrogen and oxygen atoms in total. The Bertz CT molecular complexity index is 2240. The highest BCUT2D eigenvalue weighted by Gasteiger charge is 2.33. The summed E-state index contributed by atoms with van der Waals surface area (Å²) in [5.74, 6) is 13.3. The van der Waals surface area contributed by atoms with Crippen LogP contribution in [0.25, 0.3) is 0 Å². The van der Waals surface area contributed by atoms with E-state index in [0.717, 1.165) is 82.9 Å². The third-order valence-corrected chi connectivity index (χ3v) is 33.8. The minimum Gasteiger partial charge on any atom is -0.103 e. The molecule has 101 heavy (non-hydrogen) atoms. The third kappa shape index (κ3) is 40.8. The highest BCUT2D eigenvalue weighted by Crippen LogP contribution is 2.42. The lowest BCUT2D eigenvalue weighted by Crippen LogP contribution is -2.29. The van der Waals surface area contributed by atoms with Crippen molar-refractivity contribution in [2.45, 2.75) is 445 Å². The number of unbranched alkanes of at least 4 members (excludes halogenated alkanes) is 22. The Hall–Kier alpha value is -1.02. The van der Waals surface area contributed by atoms with Crippen LogP contribution in [0.3, 0.4) is 0 Å². The van der Waals surface area contributed by atoms with Crippen molar-refractivity contribution >= 4 is 30.4 Å². The molecule has 14 unspecified atom stereocenters. The lowest BCUT2D eigenvalue weighted by Gasteiger charge is -2.34. The minimum absolute atomic E-state index is 0.729. The standard InChI is InChI=1S/C52H93.C17H30.3C10H17.2Al.2H/c1-6-7-8-9-12-17-22-28-46(4)51-40-34-48(35-41-51)31-26-21-16-11-14-19-24-29-47(5)52-42-36-49(37-43-52)30-25-20-15-10-13-18-23-27-45(3)50-38-32-44(2)33-39-50;1-4-5-6-7-8-9-10-16(3)17-13-11-15(2)12-14-17;3*1-8(2)10-6-4-9(3)5-7-10;;;;/h32,34,36,45-47,50-52H,1,6-31,33,35,37-43H2,2-5H3;4,11,16-17H,1,5-10,12-14H2,2-3H3;3*4,8,10H,1,5-7H2,2-3H3;;;;. The maximum atomic E-state index is 3.77. The first-order valence-electron chi connectivity index (χ1n) is 46.3. The van der Waals surface area contributed by atoms with Crippen molar-refractivity contribution in [3.63, 3.8) is 0 Å². The predicted molar refractivity (Wildman–Crippen MR) is 462 cm³/mol. The van der Waals surface area contributed by atoms with Gasteiger partial charge in [0.05, 0.1) is 0 Å². The molecule has 14 atom stereocenters. The van der Waals surface area contributed by atoms with Gasteiger partial charge in [0.15, 0.2) is 0 Å². The van der Waals surface area contributed by atoms with E-state index in [1.165, 1.54) is 362 Å². The van der Waals surface area contributed by atoms with Crippen LogP contribution in [0.4, 0.5) is 0 Å². The lowest BCUT2D eigenvalue weighted by molar-refractivity contribution is 0.299. The molecule has 0 heterocycles. The average Bonchev–Trinajstić information content (AvgIpc) is 0.974. The molecule has 0 fully saturated rings. The maximum Gasteiger partial charge on any atom is 0.262 e. The maximum absolute atomic E-state index is 3.77. The highest BCUT2D eigenvalue weighted by molar-refractivity contribution is 6.59. The van der Waals surface area contributed by atoms with E-state index in [2.05, 4.69) is 132 Å². The van der Waals surface area contributed by atoms with E-state index < -0.39 is 14.1 Å². The zero-order valence-corrected chi connectivity index (χ0v) is 73.9. The zero-order chi connectivity index (χ0) is 72.7. The molecule has 0 spiro atoms. The first kappa shape index (κ1) is 90.6. The van der Waals surface area contributed by atoms with E-state index >= 15 is 0 Å². The molecule has 0 saturated carbocycles. The van der Waals surface area contributed by atoms with Gasteiger partial charge in [-0.15, -0.1) is 11.9 Å². The molecular weight excluding hydrogens is 1240 g/mol. The lowest BCUT2D eigenvalue weighted by atomic mass is 9.78. The quantitative estimate of drug-likeness (QED) is 0.0324. The van der Waals surface area contributed by atoms with Gasteiger partial charge in [-0.2, -0.15) is 0 Å². The SMILES string of the molecule is C=CCCCCCCC(C)C1CC=C(C)CC1.CC1=CCC(C(C)CCCCCCCCCC2=CCC(C(C)CCCCCCCCCC3=CCC(C(C)CCCCCCCC[CH2][AlH2])CC3)CC2)CC1.CC1=CCC(C(C)[CH2][Al]([CH2]C(C)C2CC=C(C)CC2)[CH2]C(C)C2CC=C(C)CC2)CC1. The zero-order valence-electron chi connectivity index (χ0n) is 70.8. The molecule has 7 aliphatic carbocycles. The fraction of sp³-hybridized carbons (Fsp3) is 0.838. The van der Waals surface area contributed by atoms with Crippen LogP contribution in [0.1, 0.15) is 423 Å². The first-order valence-corrected chi connectivity index (χ1v) is 50.1. The van der Waals surface area contributed by atoms with Crippen LogP contribution in [0.2, 0.25) is 21.1 Å². The molecule has 7 aliphatic rings. The summed E-state index contributed by atoms with van der Waals surface area (Å²) < 4.78 is 0. The summed E-state index contributed by atoms with van der Waals surface area (Å²) in [6.45, 7) is 33.3. The van der Waals surface area contributed by atoms with E-state index in [1.807, 2.05) is 6.08 Å². The molecule has 0 radical (unpaired) electrons. The normalized spacial score (nSPS) is 24.8. The molecule has 7 rings (SSSR count). The van der Waals surface area contributed by atoms with Crippen molar-refractivity contribution in [2.75, 3.05) is 0 Å². The van der Waals surface area contributed by atoms with Crippen LogP contribution in [0.15, 0.2) is 94.2 Å². The van der Waals surface area contributed by atoms with Gasteiger partial charge in [-0.05, 0) is 273 Å². The van der Waals surface area contributed by atoms with Crippen molar-refractivity contribution < 1.29 is 0 Å². The second-order valence-electron chi connectivity index (χ2n) is 37.7. The van der Waals surface area contributed by atoms with Gasteiger partial charge in [-0.1, -0.05) is 337 Å². The van der Waals surface area contributed by atoms with Crippen molar-refractivity contribution in [2.24, 2.45) is 82.9 Å². The Kier molecular flexibility index (Phi) is 50.5. The van der Waals surface area contributed by atoms with E-state index in [1.54, 1.807) is 54.9 Å². The number of hydrogen-bond donors (Lipinski definition) is 0. The Balaban J connectivity index is 0.000000318. The van der Waals surface area contributed by atoms with Crippen LogP contribution in [0, 0.1) is 82.9 Å². The van der Waals surface area contributed by atoms with Crippen molar-refractivity contribution in [1.82, 2.24) is 0 Å². The van der Waals surface area contributed by atoms with Gasteiger partial charge < -0.3 is 0 Å². The number of allylic oxidation sites excluding steroid dienone is 15. The Morgan fingerprint density at radius 2 is 0.535 bits per heavy atom. The molecule has 0 N–H and O–H groups in total. The molecule has 0 bridgehead atoms. The van der Waals surface area contributed by atoms with Gasteiger partial charge in [0.1, 0.15) is 0 Å². The second kappa shape index (κ2) is 56.2. The van der Waals surface area contributed by atoms with E-state index in [-0.39, 0.29) is 0 Å². The van der Waals surface area contributed by atoms with Crippen LogP contribution in [-0.2, 0) is 0 Å². The van der Waals surface area contributed by atoms with Crippen molar-refractivity contribution in [3.05, 3.63) is 94.2 Å². The monoisotopic (exact) mass is 1420 g/mol. The summed E-state index contributed by atoms with van der Waals surface area (Å²) in [7, 11) is 0. The van der Waals surface area contributed by atoms with Gasteiger partial charge in [0.25, 0.3) is 14.1 Å². The molecule has 2 heteroatoms. The van der Waals surface area contributed by atoms with E-state index in [9.17, 15) is 0 Å². The van der Waals surface area contributed by atoms with Gasteiger partial charge in [-0.25, -0.2) is 0 Å². The van der Waals surface area contributed by atoms with Gasteiger partial charge in [0.2, 0.25) is 16.3 Å². The summed E-state index contributed by atoms with van der Waals surface area (Å²) in [5, 5.41) is 6.33. The fourth-order valence-corrected chi connectivity index (χ4v) is 25.7. The first-order chi connectivity index (χ1) is 49.0.